The third-order valence-electron chi connectivity index (χ3n) is 2.37. The van der Waals surface area contributed by atoms with Crippen molar-refractivity contribution in [2.75, 3.05) is 13.1 Å². The van der Waals surface area contributed by atoms with Gasteiger partial charge in [0, 0.05) is 25.5 Å². The average molecular weight is 193 g/mol. The molecule has 0 atom stereocenters. The lowest BCUT2D eigenvalue weighted by Crippen LogP contribution is -2.50. The Hall–Kier alpha value is -1.65. The van der Waals surface area contributed by atoms with Crippen LogP contribution in [0.25, 0.3) is 0 Å². The maximum Gasteiger partial charge on any atom is 0.407 e. The number of hydrogen-bond donors (Lipinski definition) is 1. The maximum atomic E-state index is 10.5. The molecule has 2 heterocycles. The zero-order valence-corrected chi connectivity index (χ0v) is 7.63. The standard InChI is InChI=1S/C9H11N3O2/c13-9(14)12-4-8(5-12)1-7-2-10-6-11-3-7/h2-3,6,8H,1,4-5H2,(H,13,14). The SMILES string of the molecule is O=C(O)N1CC(Cc2cncnc2)C1. The molecule has 2 rings (SSSR count). The van der Waals surface area contributed by atoms with Gasteiger partial charge in [-0.25, -0.2) is 14.8 Å². The molecular formula is C9H11N3O2. The summed E-state index contributed by atoms with van der Waals surface area (Å²) in [4.78, 5) is 19.7. The first-order valence-electron chi connectivity index (χ1n) is 4.47. The van der Waals surface area contributed by atoms with Crippen LogP contribution in [0, 0.1) is 5.92 Å². The molecule has 1 fully saturated rings. The second-order valence-electron chi connectivity index (χ2n) is 3.50. The Balaban J connectivity index is 1.82. The normalized spacial score (nSPS) is 16.4. The van der Waals surface area contributed by atoms with Gasteiger partial charge in [-0.3, -0.25) is 0 Å². The Morgan fingerprint density at radius 2 is 2.14 bits per heavy atom. The summed E-state index contributed by atoms with van der Waals surface area (Å²) in [5.74, 6) is 0.428. The van der Waals surface area contributed by atoms with Crippen LogP contribution in [0.1, 0.15) is 5.56 Å². The Kier molecular flexibility index (Phi) is 2.30. The van der Waals surface area contributed by atoms with E-state index in [1.54, 1.807) is 12.4 Å². The van der Waals surface area contributed by atoms with Crippen molar-refractivity contribution in [3.8, 4) is 0 Å². The van der Waals surface area contributed by atoms with Crippen LogP contribution in [0.4, 0.5) is 4.79 Å². The molecular weight excluding hydrogens is 182 g/mol. The third-order valence-corrected chi connectivity index (χ3v) is 2.37. The predicted molar refractivity (Wildman–Crippen MR) is 48.8 cm³/mol. The smallest absolute Gasteiger partial charge is 0.407 e. The molecule has 0 radical (unpaired) electrons. The Morgan fingerprint density at radius 3 is 2.71 bits per heavy atom. The lowest BCUT2D eigenvalue weighted by molar-refractivity contribution is 0.0818. The van der Waals surface area contributed by atoms with Gasteiger partial charge in [-0.2, -0.15) is 0 Å². The second-order valence-corrected chi connectivity index (χ2v) is 3.50. The van der Waals surface area contributed by atoms with Crippen molar-refractivity contribution in [1.29, 1.82) is 0 Å². The van der Waals surface area contributed by atoms with Crippen molar-refractivity contribution < 1.29 is 9.90 Å². The topological polar surface area (TPSA) is 66.3 Å². The van der Waals surface area contributed by atoms with E-state index in [0.29, 0.717) is 19.0 Å². The van der Waals surface area contributed by atoms with E-state index >= 15 is 0 Å². The fraction of sp³-hybridized carbons (Fsp3) is 0.444. The first-order valence-corrected chi connectivity index (χ1v) is 4.47. The van der Waals surface area contributed by atoms with Gasteiger partial charge in [0.05, 0.1) is 0 Å². The molecule has 1 aromatic heterocycles. The summed E-state index contributed by atoms with van der Waals surface area (Å²) in [7, 11) is 0. The minimum absolute atomic E-state index is 0.428. The van der Waals surface area contributed by atoms with E-state index in [1.807, 2.05) is 0 Å². The molecule has 0 unspecified atom stereocenters. The molecule has 1 aliphatic rings. The highest BCUT2D eigenvalue weighted by molar-refractivity contribution is 5.66. The summed E-state index contributed by atoms with van der Waals surface area (Å²) in [5, 5.41) is 8.62. The quantitative estimate of drug-likeness (QED) is 0.748. The Labute approximate surface area is 81.4 Å². The summed E-state index contributed by atoms with van der Waals surface area (Å²) in [6.45, 7) is 1.26. The molecule has 0 aromatic carbocycles. The van der Waals surface area contributed by atoms with Gasteiger partial charge in [0.15, 0.2) is 0 Å². The summed E-state index contributed by atoms with van der Waals surface area (Å²) in [6.07, 6.45) is 5.08. The van der Waals surface area contributed by atoms with Gasteiger partial charge in [0.1, 0.15) is 6.33 Å². The van der Waals surface area contributed by atoms with Crippen LogP contribution in [0.15, 0.2) is 18.7 Å². The molecule has 0 saturated carbocycles. The van der Waals surface area contributed by atoms with Crippen molar-refractivity contribution in [2.45, 2.75) is 6.42 Å². The van der Waals surface area contributed by atoms with Gasteiger partial charge >= 0.3 is 6.09 Å². The largest absolute Gasteiger partial charge is 0.465 e. The maximum absolute atomic E-state index is 10.5. The third kappa shape index (κ3) is 1.81. The van der Waals surface area contributed by atoms with Crippen LogP contribution in [-0.4, -0.2) is 39.2 Å². The van der Waals surface area contributed by atoms with Crippen molar-refractivity contribution in [2.24, 2.45) is 5.92 Å². The van der Waals surface area contributed by atoms with Gasteiger partial charge in [0.25, 0.3) is 0 Å². The average Bonchev–Trinajstić information content (AvgIpc) is 2.12. The van der Waals surface area contributed by atoms with E-state index in [0.717, 1.165) is 12.0 Å². The van der Waals surface area contributed by atoms with Gasteiger partial charge in [0.2, 0.25) is 0 Å². The van der Waals surface area contributed by atoms with Gasteiger partial charge in [-0.05, 0) is 17.9 Å². The number of rotatable bonds is 2. The molecule has 5 heteroatoms. The lowest BCUT2D eigenvalue weighted by atomic mass is 9.94. The monoisotopic (exact) mass is 193 g/mol. The fourth-order valence-electron chi connectivity index (χ4n) is 1.62. The Morgan fingerprint density at radius 1 is 1.50 bits per heavy atom. The first kappa shape index (κ1) is 8.93. The number of carboxylic acid groups (broad SMARTS) is 1. The van der Waals surface area contributed by atoms with Crippen LogP contribution < -0.4 is 0 Å². The van der Waals surface area contributed by atoms with Gasteiger partial charge in [-0.1, -0.05) is 0 Å². The predicted octanol–water partition coefficient (Wildman–Crippen LogP) is 0.629. The highest BCUT2D eigenvalue weighted by atomic mass is 16.4. The van der Waals surface area contributed by atoms with Gasteiger partial charge in [-0.15, -0.1) is 0 Å². The summed E-state index contributed by atoms with van der Waals surface area (Å²) in [6, 6.07) is 0. The molecule has 0 bridgehead atoms. The Bertz CT molecular complexity index is 322. The molecule has 1 amide bonds. The first-order chi connectivity index (χ1) is 6.75. The number of likely N-dealkylation sites (tertiary alicyclic amines) is 1. The molecule has 1 N–H and O–H groups in total. The number of hydrogen-bond acceptors (Lipinski definition) is 3. The van der Waals surface area contributed by atoms with Crippen LogP contribution in [0.2, 0.25) is 0 Å². The van der Waals surface area contributed by atoms with Crippen molar-refractivity contribution in [1.82, 2.24) is 14.9 Å². The second kappa shape index (κ2) is 3.61. The van der Waals surface area contributed by atoms with Crippen LogP contribution in [0.5, 0.6) is 0 Å². The fourth-order valence-corrected chi connectivity index (χ4v) is 1.62. The number of amides is 1. The van der Waals surface area contributed by atoms with Gasteiger partial charge < -0.3 is 10.0 Å². The lowest BCUT2D eigenvalue weighted by Gasteiger charge is -2.36. The van der Waals surface area contributed by atoms with Crippen LogP contribution in [0.3, 0.4) is 0 Å². The zero-order chi connectivity index (χ0) is 9.97. The van der Waals surface area contributed by atoms with Crippen LogP contribution in [-0.2, 0) is 6.42 Å². The van der Waals surface area contributed by atoms with Crippen molar-refractivity contribution in [3.63, 3.8) is 0 Å². The number of carbonyl (C=O) groups is 1. The highest BCUT2D eigenvalue weighted by Crippen LogP contribution is 2.19. The minimum atomic E-state index is -0.828. The van der Waals surface area contributed by atoms with Crippen LogP contribution >= 0.6 is 0 Å². The zero-order valence-electron chi connectivity index (χ0n) is 7.63. The minimum Gasteiger partial charge on any atom is -0.465 e. The van der Waals surface area contributed by atoms with E-state index in [2.05, 4.69) is 9.97 Å². The molecule has 1 aromatic rings. The van der Waals surface area contributed by atoms with E-state index in [4.69, 9.17) is 5.11 Å². The van der Waals surface area contributed by atoms with Crippen molar-refractivity contribution in [3.05, 3.63) is 24.3 Å². The summed E-state index contributed by atoms with van der Waals surface area (Å²) in [5.41, 5.74) is 1.07. The molecule has 0 spiro atoms. The summed E-state index contributed by atoms with van der Waals surface area (Å²) < 4.78 is 0. The van der Waals surface area contributed by atoms with Crippen molar-refractivity contribution >= 4 is 6.09 Å². The number of aromatic nitrogens is 2. The molecule has 74 valence electrons. The molecule has 5 nitrogen and oxygen atoms in total. The summed E-state index contributed by atoms with van der Waals surface area (Å²) >= 11 is 0. The van der Waals surface area contributed by atoms with E-state index < -0.39 is 6.09 Å². The molecule has 1 aliphatic heterocycles. The van der Waals surface area contributed by atoms with E-state index in [1.165, 1.54) is 11.2 Å². The van der Waals surface area contributed by atoms with E-state index in [-0.39, 0.29) is 0 Å². The molecule has 0 aliphatic carbocycles. The number of nitrogens with zero attached hydrogens (tertiary/aromatic N) is 3. The highest BCUT2D eigenvalue weighted by Gasteiger charge is 2.30. The van der Waals surface area contributed by atoms with E-state index in [9.17, 15) is 4.79 Å². The molecule has 1 saturated heterocycles. The molecule has 14 heavy (non-hydrogen) atoms.